The van der Waals surface area contributed by atoms with Gasteiger partial charge in [-0.1, -0.05) is 13.2 Å². The first-order chi connectivity index (χ1) is 14.7. The third-order valence-corrected chi connectivity index (χ3v) is 3.72. The summed E-state index contributed by atoms with van der Waals surface area (Å²) in [6, 6.07) is 7.63. The van der Waals surface area contributed by atoms with Gasteiger partial charge in [-0.25, -0.2) is 18.8 Å². The molecule has 7 nitrogen and oxygen atoms in total. The Balaban J connectivity index is 1.99. The van der Waals surface area contributed by atoms with Crippen LogP contribution in [0.2, 0.25) is 0 Å². The van der Waals surface area contributed by atoms with Crippen molar-refractivity contribution < 1.29 is 42.1 Å². The number of carbonyl (C=O) groups excluding carboxylic acids is 3. The fourth-order valence-electron chi connectivity index (χ4n) is 2.09. The minimum absolute atomic E-state index is 0.0371. The summed E-state index contributed by atoms with van der Waals surface area (Å²) in [5, 5.41) is 0. The lowest BCUT2D eigenvalue weighted by atomic mass is 10.2. The molecule has 0 heterocycles. The fraction of sp³-hybridized carbons (Fsp3) is 0.136. The summed E-state index contributed by atoms with van der Waals surface area (Å²) in [6.45, 7) is 7.25. The van der Waals surface area contributed by atoms with E-state index in [4.69, 9.17) is 14.2 Å². The zero-order valence-corrected chi connectivity index (χ0v) is 16.5. The number of carbonyl (C=O) groups is 3. The van der Waals surface area contributed by atoms with Gasteiger partial charge in [0.25, 0.3) is 0 Å². The Kier molecular flexibility index (Phi) is 8.01. The first-order valence-electron chi connectivity index (χ1n) is 8.76. The minimum atomic E-state index is -1.40. The highest BCUT2D eigenvalue weighted by atomic mass is 19.2. The molecule has 0 bridgehead atoms. The Labute approximate surface area is 176 Å². The molecule has 0 aromatic heterocycles. The van der Waals surface area contributed by atoms with Gasteiger partial charge in [-0.3, -0.25) is 0 Å². The number of benzene rings is 2. The molecule has 162 valence electrons. The second-order valence-corrected chi connectivity index (χ2v) is 6.05. The summed E-state index contributed by atoms with van der Waals surface area (Å²) in [7, 11) is 0. The molecule has 2 aromatic rings. The normalized spacial score (nSPS) is 10.0. The molecule has 0 N–H and O–H groups in total. The number of ether oxygens (including phenoxy) is 4. The minimum Gasteiger partial charge on any atom is -0.458 e. The maximum atomic E-state index is 14.2. The Morgan fingerprint density at radius 3 is 2.29 bits per heavy atom. The molecule has 0 atom stereocenters. The van der Waals surface area contributed by atoms with Gasteiger partial charge in [0.2, 0.25) is 12.6 Å². The van der Waals surface area contributed by atoms with Crippen molar-refractivity contribution in [1.29, 1.82) is 0 Å². The third kappa shape index (κ3) is 6.49. The van der Waals surface area contributed by atoms with Crippen LogP contribution < -0.4 is 9.47 Å². The van der Waals surface area contributed by atoms with Crippen LogP contribution in [0.25, 0.3) is 0 Å². The highest BCUT2D eigenvalue weighted by molar-refractivity contribution is 5.91. The quantitative estimate of drug-likeness (QED) is 0.257. The van der Waals surface area contributed by atoms with Crippen molar-refractivity contribution in [3.05, 3.63) is 84.0 Å². The van der Waals surface area contributed by atoms with Gasteiger partial charge in [-0.2, -0.15) is 4.39 Å². The second kappa shape index (κ2) is 10.7. The lowest BCUT2D eigenvalue weighted by Gasteiger charge is -2.10. The van der Waals surface area contributed by atoms with Gasteiger partial charge in [0.15, 0.2) is 11.6 Å². The molecule has 0 radical (unpaired) electrons. The smallest absolute Gasteiger partial charge is 0.343 e. The predicted octanol–water partition coefficient (Wildman–Crippen LogP) is 3.87. The van der Waals surface area contributed by atoms with E-state index in [1.165, 1.54) is 31.2 Å². The highest BCUT2D eigenvalue weighted by Crippen LogP contribution is 2.24. The van der Waals surface area contributed by atoms with Crippen molar-refractivity contribution in [2.24, 2.45) is 0 Å². The van der Waals surface area contributed by atoms with Crippen LogP contribution in [-0.2, 0) is 25.7 Å². The molecule has 0 amide bonds. The second-order valence-electron chi connectivity index (χ2n) is 6.05. The largest absolute Gasteiger partial charge is 0.458 e. The van der Waals surface area contributed by atoms with Gasteiger partial charge in [-0.05, 0) is 43.3 Å². The van der Waals surface area contributed by atoms with E-state index >= 15 is 0 Å². The molecule has 0 saturated heterocycles. The number of halogens is 2. The average molecular weight is 432 g/mol. The lowest BCUT2D eigenvalue weighted by molar-refractivity contribution is -0.145. The van der Waals surface area contributed by atoms with Gasteiger partial charge in [-0.15, -0.1) is 0 Å². The van der Waals surface area contributed by atoms with Crippen LogP contribution in [0.4, 0.5) is 8.78 Å². The Morgan fingerprint density at radius 2 is 1.68 bits per heavy atom. The summed E-state index contributed by atoms with van der Waals surface area (Å²) >= 11 is 0. The molecule has 0 saturated carbocycles. The van der Waals surface area contributed by atoms with Crippen LogP contribution in [0.5, 0.6) is 11.5 Å². The number of hydrogen-bond donors (Lipinski definition) is 0. The van der Waals surface area contributed by atoms with Crippen molar-refractivity contribution >= 4 is 17.9 Å². The fourth-order valence-corrected chi connectivity index (χ4v) is 2.09. The molecule has 0 fully saturated rings. The van der Waals surface area contributed by atoms with Crippen LogP contribution in [0.1, 0.15) is 22.8 Å². The highest BCUT2D eigenvalue weighted by Gasteiger charge is 2.19. The number of rotatable bonds is 9. The van der Waals surface area contributed by atoms with Gasteiger partial charge < -0.3 is 18.9 Å². The molecule has 0 aliphatic carbocycles. The third-order valence-electron chi connectivity index (χ3n) is 3.72. The summed E-state index contributed by atoms with van der Waals surface area (Å²) in [5.41, 5.74) is 0.0209. The monoisotopic (exact) mass is 432 g/mol. The molecule has 2 rings (SSSR count). The summed E-state index contributed by atoms with van der Waals surface area (Å²) in [5.74, 6) is -5.40. The van der Waals surface area contributed by atoms with E-state index in [1.807, 2.05) is 0 Å². The predicted molar refractivity (Wildman–Crippen MR) is 104 cm³/mol. The van der Waals surface area contributed by atoms with Crippen LogP contribution in [-0.4, -0.2) is 24.7 Å². The molecule has 2 aromatic carbocycles. The zero-order chi connectivity index (χ0) is 23.0. The first-order valence-corrected chi connectivity index (χ1v) is 8.76. The first kappa shape index (κ1) is 23.3. The zero-order valence-electron chi connectivity index (χ0n) is 16.5. The molecular formula is C22H18F2O7. The van der Waals surface area contributed by atoms with Gasteiger partial charge in [0.1, 0.15) is 12.4 Å². The van der Waals surface area contributed by atoms with Crippen molar-refractivity contribution in [3.8, 4) is 11.5 Å². The Hall–Kier alpha value is -4.01. The molecular weight excluding hydrogens is 414 g/mol. The van der Waals surface area contributed by atoms with Crippen molar-refractivity contribution in [2.75, 3.05) is 6.79 Å². The van der Waals surface area contributed by atoms with Crippen LogP contribution in [0.3, 0.4) is 0 Å². The molecule has 0 spiro atoms. The maximum Gasteiger partial charge on any atom is 0.343 e. The standard InChI is InChI=1S/C22H18F2O7/c1-4-18(25)28-11-15-7-10-17(20(24)19(15)23)31-22(27)14-5-8-16(9-6-14)29-12-30-21(26)13(2)3/h4-10H,1-2,11-12H2,3H3. The number of hydrogen-bond acceptors (Lipinski definition) is 7. The molecule has 9 heteroatoms. The van der Waals surface area contributed by atoms with Crippen LogP contribution in [0, 0.1) is 11.6 Å². The van der Waals surface area contributed by atoms with Crippen molar-refractivity contribution in [3.63, 3.8) is 0 Å². The number of esters is 3. The molecule has 31 heavy (non-hydrogen) atoms. The lowest BCUT2D eigenvalue weighted by Crippen LogP contribution is -2.12. The average Bonchev–Trinajstić information content (AvgIpc) is 2.76. The molecule has 0 unspecified atom stereocenters. The van der Waals surface area contributed by atoms with E-state index in [-0.39, 0.29) is 23.5 Å². The van der Waals surface area contributed by atoms with Crippen LogP contribution in [0.15, 0.2) is 61.2 Å². The molecule has 0 aliphatic rings. The Morgan fingerprint density at radius 1 is 1.00 bits per heavy atom. The molecule has 0 aliphatic heterocycles. The maximum absolute atomic E-state index is 14.2. The van der Waals surface area contributed by atoms with Crippen LogP contribution >= 0.6 is 0 Å². The SMILES string of the molecule is C=CC(=O)OCc1ccc(OC(=O)c2ccc(OCOC(=O)C(=C)C)cc2)c(F)c1F. The summed E-state index contributed by atoms with van der Waals surface area (Å²) in [6.07, 6.45) is 0.884. The van der Waals surface area contributed by atoms with Crippen molar-refractivity contribution in [1.82, 2.24) is 0 Å². The summed E-state index contributed by atoms with van der Waals surface area (Å²) in [4.78, 5) is 34.5. The van der Waals surface area contributed by atoms with Crippen molar-refractivity contribution in [2.45, 2.75) is 13.5 Å². The Bertz CT molecular complexity index is 1010. The van der Waals surface area contributed by atoms with Gasteiger partial charge >= 0.3 is 17.9 Å². The van der Waals surface area contributed by atoms with E-state index in [0.717, 1.165) is 18.2 Å². The van der Waals surface area contributed by atoms with E-state index in [9.17, 15) is 23.2 Å². The van der Waals surface area contributed by atoms with Gasteiger partial charge in [0.05, 0.1) is 5.56 Å². The summed E-state index contributed by atoms with van der Waals surface area (Å²) < 4.78 is 47.8. The van der Waals surface area contributed by atoms with E-state index < -0.39 is 41.9 Å². The van der Waals surface area contributed by atoms with Gasteiger partial charge in [0, 0.05) is 17.2 Å². The topological polar surface area (TPSA) is 88.1 Å². The van der Waals surface area contributed by atoms with E-state index in [2.05, 4.69) is 17.9 Å². The van der Waals surface area contributed by atoms with E-state index in [1.54, 1.807) is 0 Å². The van der Waals surface area contributed by atoms with E-state index in [0.29, 0.717) is 5.75 Å².